The summed E-state index contributed by atoms with van der Waals surface area (Å²) in [6, 6.07) is 16.1. The average molecular weight is 450 g/mol. The van der Waals surface area contributed by atoms with Gasteiger partial charge in [0.05, 0.1) is 17.7 Å². The second-order valence-corrected chi connectivity index (χ2v) is 8.38. The molecule has 0 spiro atoms. The molecule has 1 fully saturated rings. The van der Waals surface area contributed by atoms with Gasteiger partial charge in [0.15, 0.2) is 17.7 Å². The number of para-hydroxylation sites is 1. The van der Waals surface area contributed by atoms with E-state index in [2.05, 4.69) is 14.9 Å². The number of nitrogens with one attached hydrogen (secondary N) is 1. The van der Waals surface area contributed by atoms with E-state index in [1.54, 1.807) is 42.5 Å². The fraction of sp³-hybridized carbons (Fsp3) is 0.269. The zero-order valence-electron chi connectivity index (χ0n) is 18.0. The number of aliphatic hydroxyl groups excluding tert-OH is 1. The monoisotopic (exact) mass is 449 g/mol. The first-order chi connectivity index (χ1) is 16.1. The molecular formula is C26H25F2N3O2. The van der Waals surface area contributed by atoms with Crippen LogP contribution in [0.4, 0.5) is 14.5 Å². The summed E-state index contributed by atoms with van der Waals surface area (Å²) in [4.78, 5) is 4.65. The number of anilines is 1. The van der Waals surface area contributed by atoms with Crippen LogP contribution in [-0.4, -0.2) is 14.7 Å². The summed E-state index contributed by atoms with van der Waals surface area (Å²) >= 11 is 0. The van der Waals surface area contributed by atoms with Crippen molar-refractivity contribution in [1.29, 1.82) is 0 Å². The summed E-state index contributed by atoms with van der Waals surface area (Å²) in [6.07, 6.45) is 6.24. The van der Waals surface area contributed by atoms with E-state index in [1.807, 2.05) is 6.33 Å². The van der Waals surface area contributed by atoms with Crippen LogP contribution < -0.4 is 5.32 Å². The fourth-order valence-corrected chi connectivity index (χ4v) is 4.48. The molecule has 4 aromatic rings. The van der Waals surface area contributed by atoms with Gasteiger partial charge in [-0.3, -0.25) is 0 Å². The average Bonchev–Trinajstić information content (AvgIpc) is 3.49. The highest BCUT2D eigenvalue weighted by atomic mass is 19.1. The predicted octanol–water partition coefficient (Wildman–Crippen LogP) is 6.70. The molecule has 2 aromatic heterocycles. The number of furan rings is 1. The Kier molecular flexibility index (Phi) is 5.96. The van der Waals surface area contributed by atoms with E-state index in [0.717, 1.165) is 36.9 Å². The van der Waals surface area contributed by atoms with E-state index < -0.39 is 12.0 Å². The molecule has 1 aliphatic rings. The van der Waals surface area contributed by atoms with Gasteiger partial charge in [0, 0.05) is 11.6 Å². The molecule has 2 heterocycles. The molecular weight excluding hydrogens is 424 g/mol. The topological polar surface area (TPSA) is 63.2 Å². The molecule has 0 amide bonds. The van der Waals surface area contributed by atoms with Crippen LogP contribution in [0.1, 0.15) is 50.1 Å². The molecule has 0 saturated heterocycles. The van der Waals surface area contributed by atoms with E-state index in [-0.39, 0.29) is 17.3 Å². The van der Waals surface area contributed by atoms with Crippen LogP contribution in [0.3, 0.4) is 0 Å². The second-order valence-electron chi connectivity index (χ2n) is 8.38. The Hall–Kier alpha value is -3.45. The van der Waals surface area contributed by atoms with Gasteiger partial charge in [-0.2, -0.15) is 0 Å². The number of hydrogen-bond donors (Lipinski definition) is 2. The van der Waals surface area contributed by atoms with Crippen molar-refractivity contribution in [3.63, 3.8) is 0 Å². The second kappa shape index (κ2) is 9.19. The van der Waals surface area contributed by atoms with Gasteiger partial charge in [-0.25, -0.2) is 13.8 Å². The van der Waals surface area contributed by atoms with E-state index in [9.17, 15) is 13.9 Å². The largest absolute Gasteiger partial charge is 0.455 e. The molecule has 2 N–H and O–H groups in total. The summed E-state index contributed by atoms with van der Waals surface area (Å²) in [5.74, 6) is 0.0309. The number of nitrogens with zero attached hydrogens (tertiary/aromatic N) is 2. The zero-order valence-corrected chi connectivity index (χ0v) is 18.0. The first kappa shape index (κ1) is 21.4. The SMILES string of the molecule is OC(Nc1ccccc1F)c1ccc(-c2c(-c3ccc(F)cc3)ncn2C2CCCCC2)o1. The van der Waals surface area contributed by atoms with Gasteiger partial charge in [-0.05, 0) is 61.4 Å². The van der Waals surface area contributed by atoms with Crippen molar-refractivity contribution in [3.8, 4) is 22.7 Å². The van der Waals surface area contributed by atoms with Gasteiger partial charge < -0.3 is 19.4 Å². The highest BCUT2D eigenvalue weighted by Gasteiger charge is 2.25. The number of imidazole rings is 1. The number of benzene rings is 2. The standard InChI is InChI=1S/C26H25F2N3O2/c27-18-12-10-17(11-13-18)24-25(31(16-29-24)19-6-2-1-3-7-19)22-14-15-23(33-22)26(32)30-21-9-5-4-8-20(21)28/h4-5,8-16,19,26,30,32H,1-3,6-7H2. The van der Waals surface area contributed by atoms with Gasteiger partial charge >= 0.3 is 0 Å². The summed E-state index contributed by atoms with van der Waals surface area (Å²) < 4.78 is 35.7. The van der Waals surface area contributed by atoms with Crippen LogP contribution in [0.2, 0.25) is 0 Å². The van der Waals surface area contributed by atoms with Crippen molar-refractivity contribution in [1.82, 2.24) is 9.55 Å². The molecule has 1 saturated carbocycles. The van der Waals surface area contributed by atoms with Gasteiger partial charge in [0.25, 0.3) is 0 Å². The number of rotatable bonds is 6. The lowest BCUT2D eigenvalue weighted by Crippen LogP contribution is -2.13. The van der Waals surface area contributed by atoms with Crippen molar-refractivity contribution in [3.05, 3.63) is 84.4 Å². The fourth-order valence-electron chi connectivity index (χ4n) is 4.48. The van der Waals surface area contributed by atoms with Crippen LogP contribution in [0, 0.1) is 11.6 Å². The van der Waals surface area contributed by atoms with Crippen LogP contribution in [-0.2, 0) is 0 Å². The molecule has 5 nitrogen and oxygen atoms in total. The Morgan fingerprint density at radius 2 is 1.73 bits per heavy atom. The lowest BCUT2D eigenvalue weighted by molar-refractivity contribution is 0.178. The molecule has 33 heavy (non-hydrogen) atoms. The number of aromatic nitrogens is 2. The van der Waals surface area contributed by atoms with Crippen molar-refractivity contribution in [2.45, 2.75) is 44.4 Å². The molecule has 1 aliphatic carbocycles. The minimum atomic E-state index is -1.23. The molecule has 0 aliphatic heterocycles. The van der Waals surface area contributed by atoms with E-state index >= 15 is 0 Å². The van der Waals surface area contributed by atoms with E-state index in [4.69, 9.17) is 4.42 Å². The van der Waals surface area contributed by atoms with Gasteiger partial charge in [-0.15, -0.1) is 0 Å². The summed E-state index contributed by atoms with van der Waals surface area (Å²) in [5, 5.41) is 13.3. The minimum Gasteiger partial charge on any atom is -0.455 e. The highest BCUT2D eigenvalue weighted by molar-refractivity contribution is 5.76. The molecule has 7 heteroatoms. The van der Waals surface area contributed by atoms with E-state index in [1.165, 1.54) is 24.6 Å². The Morgan fingerprint density at radius 3 is 2.48 bits per heavy atom. The highest BCUT2D eigenvalue weighted by Crippen LogP contribution is 2.39. The predicted molar refractivity (Wildman–Crippen MR) is 122 cm³/mol. The molecule has 170 valence electrons. The van der Waals surface area contributed by atoms with Crippen LogP contribution >= 0.6 is 0 Å². The third-order valence-electron chi connectivity index (χ3n) is 6.18. The minimum absolute atomic E-state index is 0.183. The molecule has 1 atom stereocenters. The zero-order chi connectivity index (χ0) is 22.8. The summed E-state index contributed by atoms with van der Waals surface area (Å²) in [5.41, 5.74) is 2.45. The van der Waals surface area contributed by atoms with E-state index in [0.29, 0.717) is 17.5 Å². The third kappa shape index (κ3) is 4.41. The van der Waals surface area contributed by atoms with Crippen molar-refractivity contribution in [2.24, 2.45) is 0 Å². The molecule has 5 rings (SSSR count). The quantitative estimate of drug-likeness (QED) is 0.322. The third-order valence-corrected chi connectivity index (χ3v) is 6.18. The molecule has 1 unspecified atom stereocenters. The maximum atomic E-state index is 14.0. The maximum Gasteiger partial charge on any atom is 0.184 e. The number of aliphatic hydroxyl groups is 1. The smallest absolute Gasteiger partial charge is 0.184 e. The van der Waals surface area contributed by atoms with Gasteiger partial charge in [-0.1, -0.05) is 31.4 Å². The lowest BCUT2D eigenvalue weighted by atomic mass is 9.95. The van der Waals surface area contributed by atoms with Crippen molar-refractivity contribution < 1.29 is 18.3 Å². The summed E-state index contributed by atoms with van der Waals surface area (Å²) in [7, 11) is 0. The van der Waals surface area contributed by atoms with Gasteiger partial charge in [0.1, 0.15) is 17.3 Å². The molecule has 2 aromatic carbocycles. The number of halogens is 2. The Bertz CT molecular complexity index is 1230. The van der Waals surface area contributed by atoms with Crippen LogP contribution in [0.5, 0.6) is 0 Å². The maximum absolute atomic E-state index is 14.0. The van der Waals surface area contributed by atoms with Crippen molar-refractivity contribution >= 4 is 5.69 Å². The van der Waals surface area contributed by atoms with Crippen LogP contribution in [0.25, 0.3) is 22.7 Å². The van der Waals surface area contributed by atoms with Crippen molar-refractivity contribution in [2.75, 3.05) is 5.32 Å². The molecule has 0 bridgehead atoms. The first-order valence-corrected chi connectivity index (χ1v) is 11.2. The first-order valence-electron chi connectivity index (χ1n) is 11.2. The van der Waals surface area contributed by atoms with Crippen LogP contribution in [0.15, 0.2) is 71.4 Å². The normalized spacial score (nSPS) is 15.5. The number of hydrogen-bond acceptors (Lipinski definition) is 4. The Labute approximate surface area is 190 Å². The molecule has 0 radical (unpaired) electrons. The van der Waals surface area contributed by atoms with Gasteiger partial charge in [0.2, 0.25) is 0 Å². The Balaban J connectivity index is 1.51. The summed E-state index contributed by atoms with van der Waals surface area (Å²) in [6.45, 7) is 0. The lowest BCUT2D eigenvalue weighted by Gasteiger charge is -2.24. The Morgan fingerprint density at radius 1 is 0.970 bits per heavy atom.